The number of imide groups is 1. The molecule has 0 spiro atoms. The van der Waals surface area contributed by atoms with Gasteiger partial charge < -0.3 is 9.73 Å². The largest absolute Gasteiger partial charge is 0.467 e. The minimum atomic E-state index is -0.611. The van der Waals surface area contributed by atoms with Gasteiger partial charge in [0, 0.05) is 0 Å². The van der Waals surface area contributed by atoms with Crippen molar-refractivity contribution in [3.05, 3.63) is 65.6 Å². The molecule has 0 radical (unpaired) electrons. The van der Waals surface area contributed by atoms with Crippen molar-refractivity contribution in [2.45, 2.75) is 11.7 Å². The van der Waals surface area contributed by atoms with E-state index in [1.807, 2.05) is 0 Å². The highest BCUT2D eigenvalue weighted by molar-refractivity contribution is 7.99. The number of carbonyl (C=O) groups excluding carboxylic acids is 2. The average molecular weight is 401 g/mol. The number of hydrogen-bond acceptors (Lipinski definition) is 6. The first kappa shape index (κ1) is 19.4. The number of amides is 3. The van der Waals surface area contributed by atoms with E-state index in [2.05, 4.69) is 25.8 Å². The van der Waals surface area contributed by atoms with Gasteiger partial charge >= 0.3 is 6.03 Å². The third kappa shape index (κ3) is 6.09. The maximum Gasteiger partial charge on any atom is 0.321 e. The van der Waals surface area contributed by atoms with Crippen molar-refractivity contribution >= 4 is 35.9 Å². The molecule has 2 heterocycles. The van der Waals surface area contributed by atoms with Crippen molar-refractivity contribution in [1.29, 1.82) is 0 Å². The summed E-state index contributed by atoms with van der Waals surface area (Å²) in [6, 6.07) is 8.81. The first-order chi connectivity index (χ1) is 13.6. The fourth-order valence-electron chi connectivity index (χ4n) is 2.06. The van der Waals surface area contributed by atoms with Crippen molar-refractivity contribution in [2.24, 2.45) is 0 Å². The number of halogens is 1. The average Bonchev–Trinajstić information content (AvgIpc) is 3.36. The lowest BCUT2D eigenvalue weighted by Gasteiger charge is -2.04. The number of benzene rings is 1. The van der Waals surface area contributed by atoms with E-state index in [4.69, 9.17) is 4.42 Å². The van der Waals surface area contributed by atoms with Gasteiger partial charge in [-0.2, -0.15) is 0 Å². The summed E-state index contributed by atoms with van der Waals surface area (Å²) in [7, 11) is 0. The zero-order valence-electron chi connectivity index (χ0n) is 14.5. The van der Waals surface area contributed by atoms with Gasteiger partial charge in [-0.05, 0) is 35.9 Å². The van der Waals surface area contributed by atoms with E-state index < -0.39 is 11.9 Å². The highest BCUT2D eigenvalue weighted by Gasteiger charge is 2.10. The molecule has 0 aliphatic rings. The van der Waals surface area contributed by atoms with Crippen LogP contribution in [0.5, 0.6) is 0 Å². The molecule has 0 aliphatic carbocycles. The third-order valence-corrected chi connectivity index (χ3v) is 4.22. The normalized spacial score (nSPS) is 10.9. The number of carbonyl (C=O) groups is 2. The fraction of sp³-hybridized carbons (Fsp3) is 0.111. The lowest BCUT2D eigenvalue weighted by molar-refractivity contribution is -0.117. The zero-order valence-corrected chi connectivity index (χ0v) is 15.3. The Morgan fingerprint density at radius 1 is 1.21 bits per heavy atom. The highest BCUT2D eigenvalue weighted by Crippen LogP contribution is 2.13. The summed E-state index contributed by atoms with van der Waals surface area (Å²) in [6.07, 6.45) is 4.94. The highest BCUT2D eigenvalue weighted by atomic mass is 32.2. The van der Waals surface area contributed by atoms with Crippen molar-refractivity contribution in [3.63, 3.8) is 0 Å². The number of aromatic amines is 1. The van der Waals surface area contributed by atoms with Gasteiger partial charge in [-0.25, -0.2) is 14.2 Å². The molecule has 0 bridgehead atoms. The summed E-state index contributed by atoms with van der Waals surface area (Å²) in [5.41, 5.74) is 0.812. The van der Waals surface area contributed by atoms with Crippen LogP contribution in [0.2, 0.25) is 0 Å². The van der Waals surface area contributed by atoms with E-state index in [0.29, 0.717) is 16.7 Å². The second kappa shape index (κ2) is 9.51. The van der Waals surface area contributed by atoms with Crippen molar-refractivity contribution in [2.75, 3.05) is 5.75 Å². The lowest BCUT2D eigenvalue weighted by Crippen LogP contribution is -2.39. The van der Waals surface area contributed by atoms with Crippen LogP contribution in [0.15, 0.2) is 52.2 Å². The number of hydrogen-bond donors (Lipinski definition) is 3. The number of nitrogens with one attached hydrogen (secondary N) is 3. The number of furan rings is 1. The second-order valence-electron chi connectivity index (χ2n) is 5.49. The van der Waals surface area contributed by atoms with Crippen LogP contribution in [-0.4, -0.2) is 32.9 Å². The molecule has 0 aliphatic heterocycles. The molecule has 8 nitrogen and oxygen atoms in total. The van der Waals surface area contributed by atoms with Crippen LogP contribution in [0, 0.1) is 5.82 Å². The molecule has 0 saturated carbocycles. The van der Waals surface area contributed by atoms with Crippen LogP contribution in [0.3, 0.4) is 0 Å². The lowest BCUT2D eigenvalue weighted by atomic mass is 10.2. The molecule has 3 amide bonds. The van der Waals surface area contributed by atoms with E-state index in [1.165, 1.54) is 18.4 Å². The van der Waals surface area contributed by atoms with E-state index >= 15 is 0 Å². The van der Waals surface area contributed by atoms with Gasteiger partial charge in [0.05, 0.1) is 18.6 Å². The minimum absolute atomic E-state index is 0.0207. The van der Waals surface area contributed by atoms with Crippen LogP contribution < -0.4 is 10.6 Å². The molecule has 10 heteroatoms. The Bertz CT molecular complexity index is 954. The Kier molecular flexibility index (Phi) is 6.58. The minimum Gasteiger partial charge on any atom is -0.467 e. The van der Waals surface area contributed by atoms with Gasteiger partial charge in [0.15, 0.2) is 0 Å². The third-order valence-electron chi connectivity index (χ3n) is 3.37. The molecule has 0 fully saturated rings. The molecular weight excluding hydrogens is 385 g/mol. The van der Waals surface area contributed by atoms with Crippen LogP contribution in [0.4, 0.5) is 9.18 Å². The smallest absolute Gasteiger partial charge is 0.321 e. The van der Waals surface area contributed by atoms with Crippen LogP contribution in [-0.2, 0) is 11.3 Å². The summed E-state index contributed by atoms with van der Waals surface area (Å²) in [6.45, 7) is 0.184. The number of rotatable bonds is 7. The molecule has 3 aromatic rings. The number of thioether (sulfide) groups is 1. The molecule has 3 rings (SSSR count). The standard InChI is InChI=1S/C18H16FN5O3S/c19-13-6-3-12(4-7-13)5-8-15-21-18(24-23-15)28-11-16(25)22-17(26)20-10-14-2-1-9-27-14/h1-9H,10-11H2,(H,21,23,24)(H2,20,22,25,26)/b8-5+. The number of nitrogens with zero attached hydrogens (tertiary/aromatic N) is 2. The van der Waals surface area contributed by atoms with Crippen molar-refractivity contribution in [3.8, 4) is 0 Å². The van der Waals surface area contributed by atoms with Crippen molar-refractivity contribution in [1.82, 2.24) is 25.8 Å². The molecule has 28 heavy (non-hydrogen) atoms. The predicted octanol–water partition coefficient (Wildman–Crippen LogP) is 2.83. The fourth-order valence-corrected chi connectivity index (χ4v) is 2.67. The maximum atomic E-state index is 12.9. The maximum absolute atomic E-state index is 12.9. The summed E-state index contributed by atoms with van der Waals surface area (Å²) in [5.74, 6) is 0.272. The number of H-pyrrole nitrogens is 1. The topological polar surface area (TPSA) is 113 Å². The van der Waals surface area contributed by atoms with Gasteiger partial charge in [-0.3, -0.25) is 15.2 Å². The Balaban J connectivity index is 1.41. The molecule has 3 N–H and O–H groups in total. The number of aromatic nitrogens is 3. The first-order valence-electron chi connectivity index (χ1n) is 8.17. The van der Waals surface area contributed by atoms with Gasteiger partial charge in [-0.1, -0.05) is 30.0 Å². The van der Waals surface area contributed by atoms with Gasteiger partial charge in [0.25, 0.3) is 0 Å². The van der Waals surface area contributed by atoms with E-state index in [0.717, 1.165) is 17.3 Å². The van der Waals surface area contributed by atoms with Gasteiger partial charge in [0.2, 0.25) is 11.1 Å². The molecular formula is C18H16FN5O3S. The van der Waals surface area contributed by atoms with Crippen LogP contribution >= 0.6 is 11.8 Å². The molecule has 0 atom stereocenters. The van der Waals surface area contributed by atoms with Gasteiger partial charge in [-0.15, -0.1) is 5.10 Å². The summed E-state index contributed by atoms with van der Waals surface area (Å²) >= 11 is 1.08. The Morgan fingerprint density at radius 3 is 2.79 bits per heavy atom. The van der Waals surface area contributed by atoms with E-state index in [-0.39, 0.29) is 18.1 Å². The molecule has 1 aromatic carbocycles. The van der Waals surface area contributed by atoms with Crippen LogP contribution in [0.25, 0.3) is 12.2 Å². The first-order valence-corrected chi connectivity index (χ1v) is 9.16. The monoisotopic (exact) mass is 401 g/mol. The quantitative estimate of drug-likeness (QED) is 0.525. The van der Waals surface area contributed by atoms with E-state index in [1.54, 1.807) is 36.4 Å². The molecule has 2 aromatic heterocycles. The van der Waals surface area contributed by atoms with E-state index in [9.17, 15) is 14.0 Å². The second-order valence-corrected chi connectivity index (χ2v) is 6.43. The summed E-state index contributed by atoms with van der Waals surface area (Å²) in [5, 5.41) is 11.8. The molecule has 144 valence electrons. The number of urea groups is 1. The van der Waals surface area contributed by atoms with Gasteiger partial charge in [0.1, 0.15) is 17.4 Å². The Labute approximate surface area is 163 Å². The molecule has 0 unspecified atom stereocenters. The van der Waals surface area contributed by atoms with Crippen molar-refractivity contribution < 1.29 is 18.4 Å². The zero-order chi connectivity index (χ0) is 19.8. The predicted molar refractivity (Wildman–Crippen MR) is 102 cm³/mol. The molecule has 0 saturated heterocycles. The Hall–Kier alpha value is -3.40. The SMILES string of the molecule is O=C(CSc1n[nH]c(/C=C/c2ccc(F)cc2)n1)NC(=O)NCc1ccco1. The Morgan fingerprint density at radius 2 is 2.04 bits per heavy atom. The van der Waals surface area contributed by atoms with Crippen LogP contribution in [0.1, 0.15) is 17.1 Å². The summed E-state index contributed by atoms with van der Waals surface area (Å²) in [4.78, 5) is 27.7. The summed E-state index contributed by atoms with van der Waals surface area (Å²) < 4.78 is 17.9.